The summed E-state index contributed by atoms with van der Waals surface area (Å²) >= 11 is 0. The fourth-order valence-electron chi connectivity index (χ4n) is 3.88. The van der Waals surface area contributed by atoms with Crippen LogP contribution in [0.3, 0.4) is 0 Å². The molecule has 0 aliphatic carbocycles. The van der Waals surface area contributed by atoms with Crippen LogP contribution in [0.5, 0.6) is 0 Å². The zero-order valence-corrected chi connectivity index (χ0v) is 29.7. The van der Waals surface area contributed by atoms with E-state index < -0.39 is 24.6 Å². The van der Waals surface area contributed by atoms with Crippen molar-refractivity contribution >= 4 is 11.9 Å². The summed E-state index contributed by atoms with van der Waals surface area (Å²) < 4.78 is 10.4. The number of ether oxygens (including phenoxy) is 2. The van der Waals surface area contributed by atoms with Crippen LogP contribution in [0.2, 0.25) is 0 Å². The molecule has 1 N–H and O–H groups in total. The fourth-order valence-corrected chi connectivity index (χ4v) is 3.88. The predicted octanol–water partition coefficient (Wildman–Crippen LogP) is 11.1. The van der Waals surface area contributed by atoms with Gasteiger partial charge in [-0.2, -0.15) is 0 Å². The van der Waals surface area contributed by atoms with Crippen LogP contribution in [0.1, 0.15) is 104 Å². The highest BCUT2D eigenvalue weighted by Crippen LogP contribution is 2.03. The van der Waals surface area contributed by atoms with Crippen LogP contribution in [-0.2, 0) is 19.1 Å². The van der Waals surface area contributed by atoms with E-state index in [1.54, 1.807) is 6.08 Å². The van der Waals surface area contributed by atoms with Crippen LogP contribution in [0, 0.1) is 0 Å². The number of allylic oxidation sites excluding steroid dienone is 21. The van der Waals surface area contributed by atoms with Crippen molar-refractivity contribution in [2.24, 2.45) is 0 Å². The third-order valence-electron chi connectivity index (χ3n) is 6.49. The molecular formula is C43H62O5. The largest absolute Gasteiger partial charge is 0.461 e. The summed E-state index contributed by atoms with van der Waals surface area (Å²) in [6, 6.07) is 0. The maximum absolute atomic E-state index is 12.1. The molecule has 0 aromatic heterocycles. The average molecular weight is 659 g/mol. The minimum Gasteiger partial charge on any atom is -0.461 e. The minimum atomic E-state index is -0.861. The first-order valence-electron chi connectivity index (χ1n) is 17.7. The van der Waals surface area contributed by atoms with Gasteiger partial charge in [0, 0.05) is 6.42 Å². The van der Waals surface area contributed by atoms with Gasteiger partial charge in [0.25, 0.3) is 0 Å². The standard InChI is InChI=1S/C43H62O5/c1-3-5-7-9-11-13-15-17-19-20-21-22-24-26-28-30-32-34-36-38-43(46)48-41(39-44)40-47-42(45)37-35-33-31-29-27-25-23-18-16-14-12-10-8-6-4-2/h5-8,11-14,17-19,21-23,26-29,32-35,41,44H,3-4,9-10,15-16,20,24-25,30-31,36-40H2,1-2H3/b7-5-,8-6-,13-11-,14-12-,19-17-,22-21-,23-18-,28-26-,29-27-,34-32-,35-33-. The van der Waals surface area contributed by atoms with Crippen molar-refractivity contribution in [2.45, 2.75) is 110 Å². The van der Waals surface area contributed by atoms with Gasteiger partial charge in [-0.25, -0.2) is 0 Å². The van der Waals surface area contributed by atoms with E-state index in [9.17, 15) is 14.7 Å². The van der Waals surface area contributed by atoms with E-state index in [-0.39, 0.29) is 19.4 Å². The number of hydrogen-bond donors (Lipinski definition) is 1. The van der Waals surface area contributed by atoms with Gasteiger partial charge in [-0.05, 0) is 77.0 Å². The Labute approximate surface area is 292 Å². The van der Waals surface area contributed by atoms with Crippen molar-refractivity contribution in [2.75, 3.05) is 13.2 Å². The van der Waals surface area contributed by atoms with Gasteiger partial charge < -0.3 is 14.6 Å². The van der Waals surface area contributed by atoms with Crippen molar-refractivity contribution < 1.29 is 24.2 Å². The van der Waals surface area contributed by atoms with Crippen LogP contribution in [-0.4, -0.2) is 36.4 Å². The molecule has 0 aliphatic rings. The molecule has 0 fully saturated rings. The Morgan fingerprint density at radius 2 is 0.812 bits per heavy atom. The van der Waals surface area contributed by atoms with E-state index in [0.29, 0.717) is 6.42 Å². The number of carbonyl (C=O) groups excluding carboxylic acids is 2. The summed E-state index contributed by atoms with van der Waals surface area (Å²) in [7, 11) is 0. The second-order valence-electron chi connectivity index (χ2n) is 10.8. The van der Waals surface area contributed by atoms with E-state index in [1.807, 2.05) is 18.2 Å². The molecule has 0 saturated heterocycles. The van der Waals surface area contributed by atoms with Crippen molar-refractivity contribution in [3.63, 3.8) is 0 Å². The lowest BCUT2D eigenvalue weighted by atomic mass is 10.2. The van der Waals surface area contributed by atoms with Crippen molar-refractivity contribution in [3.05, 3.63) is 134 Å². The second-order valence-corrected chi connectivity index (χ2v) is 10.8. The minimum absolute atomic E-state index is 0.127. The molecule has 0 amide bonds. The summed E-state index contributed by atoms with van der Waals surface area (Å²) in [4.78, 5) is 24.1. The van der Waals surface area contributed by atoms with Gasteiger partial charge in [0.15, 0.2) is 6.10 Å². The highest BCUT2D eigenvalue weighted by atomic mass is 16.6. The smallest absolute Gasteiger partial charge is 0.309 e. The predicted molar refractivity (Wildman–Crippen MR) is 204 cm³/mol. The Balaban J connectivity index is 3.91. The molecule has 264 valence electrons. The van der Waals surface area contributed by atoms with Crippen LogP contribution < -0.4 is 0 Å². The number of hydrogen-bond acceptors (Lipinski definition) is 5. The normalized spacial score (nSPS) is 13.8. The Morgan fingerprint density at radius 3 is 1.17 bits per heavy atom. The number of esters is 2. The molecule has 0 spiro atoms. The van der Waals surface area contributed by atoms with Gasteiger partial charge in [0.05, 0.1) is 13.0 Å². The molecule has 0 heterocycles. The molecule has 0 aromatic carbocycles. The highest BCUT2D eigenvalue weighted by Gasteiger charge is 2.15. The van der Waals surface area contributed by atoms with Gasteiger partial charge in [-0.15, -0.1) is 0 Å². The summed E-state index contributed by atoms with van der Waals surface area (Å²) in [5, 5.41) is 9.50. The first kappa shape index (κ1) is 44.0. The molecule has 5 heteroatoms. The first-order chi connectivity index (χ1) is 23.6. The third kappa shape index (κ3) is 34.9. The van der Waals surface area contributed by atoms with Crippen molar-refractivity contribution in [1.29, 1.82) is 0 Å². The molecule has 1 unspecified atom stereocenters. The Kier molecular flexibility index (Phi) is 34.4. The number of rotatable bonds is 29. The van der Waals surface area contributed by atoms with E-state index in [0.717, 1.165) is 70.6 Å². The quantitative estimate of drug-likeness (QED) is 0.0639. The summed E-state index contributed by atoms with van der Waals surface area (Å²) in [5.74, 6) is -0.855. The van der Waals surface area contributed by atoms with Gasteiger partial charge in [-0.3, -0.25) is 9.59 Å². The van der Waals surface area contributed by atoms with E-state index in [1.165, 1.54) is 0 Å². The summed E-state index contributed by atoms with van der Waals surface area (Å²) in [6.45, 7) is 3.71. The van der Waals surface area contributed by atoms with Gasteiger partial charge in [0.1, 0.15) is 6.61 Å². The number of carbonyl (C=O) groups is 2. The lowest BCUT2D eigenvalue weighted by Crippen LogP contribution is -2.28. The lowest BCUT2D eigenvalue weighted by molar-refractivity contribution is -0.160. The zero-order valence-electron chi connectivity index (χ0n) is 29.7. The molecule has 0 aliphatic heterocycles. The molecule has 0 radical (unpaired) electrons. The molecule has 48 heavy (non-hydrogen) atoms. The molecule has 0 aromatic rings. The number of aliphatic hydroxyl groups excluding tert-OH is 1. The SMILES string of the molecule is CC/C=C\C/C=C\C/C=C\C/C=C\C/C=C\C/C=C\CCC(=O)OC(CO)COC(=O)C/C=C\C/C=C\C/C=C\C/C=C\C/C=C\CC. The molecule has 0 bridgehead atoms. The van der Waals surface area contributed by atoms with Gasteiger partial charge in [0.2, 0.25) is 0 Å². The topological polar surface area (TPSA) is 72.8 Å². The van der Waals surface area contributed by atoms with Crippen LogP contribution >= 0.6 is 0 Å². The Morgan fingerprint density at radius 1 is 0.479 bits per heavy atom. The summed E-state index contributed by atoms with van der Waals surface area (Å²) in [5.41, 5.74) is 0. The maximum atomic E-state index is 12.1. The van der Waals surface area contributed by atoms with Crippen LogP contribution in [0.15, 0.2) is 134 Å². The van der Waals surface area contributed by atoms with Crippen LogP contribution in [0.25, 0.3) is 0 Å². The average Bonchev–Trinajstić information content (AvgIpc) is 3.09. The van der Waals surface area contributed by atoms with Gasteiger partial charge >= 0.3 is 11.9 Å². The monoisotopic (exact) mass is 658 g/mol. The van der Waals surface area contributed by atoms with E-state index in [4.69, 9.17) is 9.47 Å². The molecule has 5 nitrogen and oxygen atoms in total. The lowest BCUT2D eigenvalue weighted by Gasteiger charge is -2.15. The molecule has 0 rings (SSSR count). The van der Waals surface area contributed by atoms with E-state index in [2.05, 4.69) is 123 Å². The Hall–Kier alpha value is -3.96. The van der Waals surface area contributed by atoms with E-state index >= 15 is 0 Å². The first-order valence-corrected chi connectivity index (χ1v) is 17.7. The van der Waals surface area contributed by atoms with Crippen LogP contribution in [0.4, 0.5) is 0 Å². The third-order valence-corrected chi connectivity index (χ3v) is 6.49. The van der Waals surface area contributed by atoms with Crippen molar-refractivity contribution in [1.82, 2.24) is 0 Å². The molecular weight excluding hydrogens is 596 g/mol. The second kappa shape index (κ2) is 37.5. The molecule has 0 saturated carbocycles. The fraction of sp³-hybridized carbons (Fsp3) is 0.442. The highest BCUT2D eigenvalue weighted by molar-refractivity contribution is 5.71. The van der Waals surface area contributed by atoms with Gasteiger partial charge in [-0.1, -0.05) is 148 Å². The zero-order chi connectivity index (χ0) is 35.0. The maximum Gasteiger partial charge on any atom is 0.309 e. The summed E-state index contributed by atoms with van der Waals surface area (Å²) in [6.07, 6.45) is 56.8. The number of aliphatic hydroxyl groups is 1. The molecule has 1 atom stereocenters. The van der Waals surface area contributed by atoms with Crippen molar-refractivity contribution in [3.8, 4) is 0 Å². The Bertz CT molecular complexity index is 1110.